The fourth-order valence-electron chi connectivity index (χ4n) is 1.24. The van der Waals surface area contributed by atoms with Crippen molar-refractivity contribution in [2.45, 2.75) is 12.8 Å². The van der Waals surface area contributed by atoms with E-state index in [-0.39, 0.29) is 16.5 Å². The molecule has 0 aliphatic carbocycles. The molecule has 1 aromatic carbocycles. The molecule has 0 saturated heterocycles. The van der Waals surface area contributed by atoms with Crippen LogP contribution in [-0.2, 0) is 10.0 Å². The molecule has 0 aromatic heterocycles. The van der Waals surface area contributed by atoms with Gasteiger partial charge >= 0.3 is 0 Å². The third-order valence-corrected chi connectivity index (χ3v) is 3.73. The number of nitrogens with one attached hydrogen (secondary N) is 1. The second-order valence-corrected chi connectivity index (χ2v) is 5.77. The average Bonchev–Trinajstić information content (AvgIpc) is 2.25. The Bertz CT molecular complexity index is 479. The van der Waals surface area contributed by atoms with Crippen molar-refractivity contribution in [1.29, 1.82) is 0 Å². The van der Waals surface area contributed by atoms with Crippen LogP contribution in [-0.4, -0.2) is 20.7 Å². The smallest absolute Gasteiger partial charge is 0.232 e. The van der Waals surface area contributed by atoms with Crippen LogP contribution in [0.1, 0.15) is 12.8 Å². The van der Waals surface area contributed by atoms with Crippen molar-refractivity contribution >= 4 is 27.3 Å². The highest BCUT2D eigenvalue weighted by Gasteiger charge is 2.14. The van der Waals surface area contributed by atoms with E-state index in [0.717, 1.165) is 0 Å². The SMILES string of the molecule is NCCCCS(=O)(=O)Nc1cccc(Cl)c1F. The molecule has 0 aliphatic rings. The first-order valence-corrected chi connectivity index (χ1v) is 7.14. The van der Waals surface area contributed by atoms with E-state index in [4.69, 9.17) is 17.3 Å². The lowest BCUT2D eigenvalue weighted by Gasteiger charge is -2.09. The summed E-state index contributed by atoms with van der Waals surface area (Å²) in [5, 5.41) is -0.118. The van der Waals surface area contributed by atoms with E-state index >= 15 is 0 Å². The second kappa shape index (κ2) is 6.18. The maximum Gasteiger partial charge on any atom is 0.232 e. The summed E-state index contributed by atoms with van der Waals surface area (Å²) < 4.78 is 38.8. The first-order valence-electron chi connectivity index (χ1n) is 5.11. The number of hydrogen-bond acceptors (Lipinski definition) is 3. The molecule has 0 bridgehead atoms. The van der Waals surface area contributed by atoms with Gasteiger partial charge in [0.15, 0.2) is 5.82 Å². The van der Waals surface area contributed by atoms with Gasteiger partial charge in [-0.05, 0) is 31.5 Å². The molecule has 0 heterocycles. The summed E-state index contributed by atoms with van der Waals surface area (Å²) in [7, 11) is -3.55. The molecule has 0 unspecified atom stereocenters. The number of unbranched alkanes of at least 4 members (excludes halogenated alkanes) is 1. The molecular weight excluding hydrogens is 267 g/mol. The van der Waals surface area contributed by atoms with E-state index < -0.39 is 15.8 Å². The van der Waals surface area contributed by atoms with Crippen molar-refractivity contribution < 1.29 is 12.8 Å². The lowest BCUT2D eigenvalue weighted by Crippen LogP contribution is -2.18. The maximum absolute atomic E-state index is 13.4. The maximum atomic E-state index is 13.4. The van der Waals surface area contributed by atoms with Crippen molar-refractivity contribution in [2.75, 3.05) is 17.0 Å². The van der Waals surface area contributed by atoms with Gasteiger partial charge in [-0.3, -0.25) is 4.72 Å². The normalized spacial score (nSPS) is 11.5. The Hall–Kier alpha value is -0.850. The van der Waals surface area contributed by atoms with Gasteiger partial charge in [-0.25, -0.2) is 12.8 Å². The minimum atomic E-state index is -3.55. The Kier molecular flexibility index (Phi) is 5.17. The van der Waals surface area contributed by atoms with Crippen LogP contribution in [0, 0.1) is 5.82 Å². The summed E-state index contributed by atoms with van der Waals surface area (Å²) in [6, 6.07) is 4.15. The lowest BCUT2D eigenvalue weighted by molar-refractivity contribution is 0.594. The zero-order valence-corrected chi connectivity index (χ0v) is 10.7. The van der Waals surface area contributed by atoms with Crippen molar-refractivity contribution in [3.05, 3.63) is 29.0 Å². The largest absolute Gasteiger partial charge is 0.330 e. The number of benzene rings is 1. The predicted molar refractivity (Wildman–Crippen MR) is 67.1 cm³/mol. The Balaban J connectivity index is 2.73. The van der Waals surface area contributed by atoms with E-state index in [1.165, 1.54) is 18.2 Å². The van der Waals surface area contributed by atoms with E-state index in [1.807, 2.05) is 0 Å². The standard InChI is InChI=1S/C10H14ClFN2O2S/c11-8-4-3-5-9(10(8)12)14-17(15,16)7-2-1-6-13/h3-5,14H,1-2,6-7,13H2. The first kappa shape index (κ1) is 14.2. The summed E-state index contributed by atoms with van der Waals surface area (Å²) in [5.41, 5.74) is 5.13. The molecule has 0 fully saturated rings. The van der Waals surface area contributed by atoms with Crippen molar-refractivity contribution in [1.82, 2.24) is 0 Å². The zero-order chi connectivity index (χ0) is 12.9. The molecule has 1 aromatic rings. The van der Waals surface area contributed by atoms with E-state index in [0.29, 0.717) is 19.4 Å². The highest BCUT2D eigenvalue weighted by Crippen LogP contribution is 2.22. The predicted octanol–water partition coefficient (Wildman–Crippen LogP) is 1.96. The minimum absolute atomic E-state index is 0.0871. The average molecular weight is 281 g/mol. The number of nitrogens with two attached hydrogens (primary N) is 1. The molecule has 4 nitrogen and oxygen atoms in total. The van der Waals surface area contributed by atoms with Crippen molar-refractivity contribution in [2.24, 2.45) is 5.73 Å². The highest BCUT2D eigenvalue weighted by molar-refractivity contribution is 7.92. The van der Waals surface area contributed by atoms with Gasteiger partial charge in [0.25, 0.3) is 0 Å². The van der Waals surface area contributed by atoms with Crippen LogP contribution >= 0.6 is 11.6 Å². The number of sulfonamides is 1. The van der Waals surface area contributed by atoms with Gasteiger partial charge in [0.05, 0.1) is 16.5 Å². The number of rotatable bonds is 6. The summed E-state index contributed by atoms with van der Waals surface area (Å²) in [4.78, 5) is 0. The third kappa shape index (κ3) is 4.49. The van der Waals surface area contributed by atoms with Crippen LogP contribution in [0.15, 0.2) is 18.2 Å². The fourth-order valence-corrected chi connectivity index (χ4v) is 2.59. The zero-order valence-electron chi connectivity index (χ0n) is 9.12. The molecule has 17 heavy (non-hydrogen) atoms. The van der Waals surface area contributed by atoms with Gasteiger partial charge in [-0.15, -0.1) is 0 Å². The van der Waals surface area contributed by atoms with Crippen LogP contribution in [0.5, 0.6) is 0 Å². The van der Waals surface area contributed by atoms with Crippen LogP contribution in [0.4, 0.5) is 10.1 Å². The molecule has 0 amide bonds. The summed E-state index contributed by atoms with van der Waals surface area (Å²) in [6.45, 7) is 0.432. The van der Waals surface area contributed by atoms with Crippen LogP contribution < -0.4 is 10.5 Å². The minimum Gasteiger partial charge on any atom is -0.330 e. The number of anilines is 1. The Morgan fingerprint density at radius 3 is 2.71 bits per heavy atom. The second-order valence-electron chi connectivity index (χ2n) is 3.52. The Morgan fingerprint density at radius 2 is 2.06 bits per heavy atom. The molecular formula is C10H14ClFN2O2S. The Morgan fingerprint density at radius 1 is 1.35 bits per heavy atom. The highest BCUT2D eigenvalue weighted by atomic mass is 35.5. The number of hydrogen-bond donors (Lipinski definition) is 2. The topological polar surface area (TPSA) is 72.2 Å². The molecule has 0 saturated carbocycles. The van der Waals surface area contributed by atoms with E-state index in [9.17, 15) is 12.8 Å². The molecule has 1 rings (SSSR count). The molecule has 3 N–H and O–H groups in total. The molecule has 0 spiro atoms. The molecule has 0 atom stereocenters. The molecule has 0 radical (unpaired) electrons. The quantitative estimate of drug-likeness (QED) is 0.783. The van der Waals surface area contributed by atoms with Crippen LogP contribution in [0.25, 0.3) is 0 Å². The third-order valence-electron chi connectivity index (χ3n) is 2.08. The van der Waals surface area contributed by atoms with Crippen LogP contribution in [0.2, 0.25) is 5.02 Å². The fraction of sp³-hybridized carbons (Fsp3) is 0.400. The van der Waals surface area contributed by atoms with Crippen LogP contribution in [0.3, 0.4) is 0 Å². The van der Waals surface area contributed by atoms with Gasteiger partial charge in [-0.1, -0.05) is 17.7 Å². The monoisotopic (exact) mass is 280 g/mol. The van der Waals surface area contributed by atoms with E-state index in [1.54, 1.807) is 0 Å². The summed E-state index contributed by atoms with van der Waals surface area (Å²) in [5.74, 6) is -0.854. The van der Waals surface area contributed by atoms with Gasteiger partial charge in [0.1, 0.15) is 0 Å². The number of halogens is 2. The lowest BCUT2D eigenvalue weighted by atomic mass is 10.3. The van der Waals surface area contributed by atoms with Gasteiger partial charge in [0, 0.05) is 0 Å². The first-order chi connectivity index (χ1) is 7.96. The van der Waals surface area contributed by atoms with Gasteiger partial charge in [-0.2, -0.15) is 0 Å². The van der Waals surface area contributed by atoms with Gasteiger partial charge in [0.2, 0.25) is 10.0 Å². The molecule has 0 aliphatic heterocycles. The summed E-state index contributed by atoms with van der Waals surface area (Å²) >= 11 is 5.54. The van der Waals surface area contributed by atoms with Crippen molar-refractivity contribution in [3.63, 3.8) is 0 Å². The van der Waals surface area contributed by atoms with Crippen molar-refractivity contribution in [3.8, 4) is 0 Å². The Labute approximate surface area is 105 Å². The molecule has 96 valence electrons. The molecule has 7 heteroatoms. The van der Waals surface area contributed by atoms with Gasteiger partial charge < -0.3 is 5.73 Å². The summed E-state index contributed by atoms with van der Waals surface area (Å²) in [6.07, 6.45) is 1.05. The van der Waals surface area contributed by atoms with E-state index in [2.05, 4.69) is 4.72 Å².